The van der Waals surface area contributed by atoms with E-state index in [0.29, 0.717) is 6.61 Å². The zero-order valence-electron chi connectivity index (χ0n) is 13.0. The van der Waals surface area contributed by atoms with Crippen molar-refractivity contribution in [3.8, 4) is 17.1 Å². The molecule has 0 fully saturated rings. The molecule has 2 aromatic heterocycles. The van der Waals surface area contributed by atoms with Crippen molar-refractivity contribution >= 4 is 12.2 Å². The predicted molar refractivity (Wildman–Crippen MR) is 94.0 cm³/mol. The third-order valence-corrected chi connectivity index (χ3v) is 3.39. The Hall–Kier alpha value is -2.94. The monoisotopic (exact) mass is 302 g/mol. The van der Waals surface area contributed by atoms with E-state index in [4.69, 9.17) is 4.74 Å². The summed E-state index contributed by atoms with van der Waals surface area (Å²) in [5, 5.41) is 0. The maximum Gasteiger partial charge on any atom is 0.126 e. The molecule has 0 N–H and O–H groups in total. The molecule has 3 aromatic rings. The average molecular weight is 302 g/mol. The van der Waals surface area contributed by atoms with Gasteiger partial charge in [0.1, 0.15) is 5.75 Å². The third-order valence-electron chi connectivity index (χ3n) is 3.39. The molecule has 2 heterocycles. The zero-order chi connectivity index (χ0) is 15.9. The number of pyridine rings is 2. The van der Waals surface area contributed by atoms with Crippen LogP contribution in [-0.4, -0.2) is 16.6 Å². The molecule has 0 amide bonds. The standard InChI is InChI=1S/C20H18N2O/c1-2-23-20-9-4-3-7-17(20)12-10-16-11-13-19(22-15-16)18-8-5-6-14-21-18/h3-15H,2H2,1H3/b12-10-. The largest absolute Gasteiger partial charge is 0.493 e. The van der Waals surface area contributed by atoms with E-state index in [-0.39, 0.29) is 0 Å². The van der Waals surface area contributed by atoms with Crippen LogP contribution in [0.5, 0.6) is 5.75 Å². The average Bonchev–Trinajstić information content (AvgIpc) is 2.62. The molecule has 23 heavy (non-hydrogen) atoms. The highest BCUT2D eigenvalue weighted by Gasteiger charge is 2.00. The fraction of sp³-hybridized carbons (Fsp3) is 0.100. The zero-order valence-corrected chi connectivity index (χ0v) is 13.0. The maximum atomic E-state index is 5.63. The molecular weight excluding hydrogens is 284 g/mol. The summed E-state index contributed by atoms with van der Waals surface area (Å²) >= 11 is 0. The van der Waals surface area contributed by atoms with Gasteiger partial charge in [0.05, 0.1) is 18.0 Å². The number of benzene rings is 1. The van der Waals surface area contributed by atoms with Gasteiger partial charge in [0.15, 0.2) is 0 Å². The fourth-order valence-corrected chi connectivity index (χ4v) is 2.26. The summed E-state index contributed by atoms with van der Waals surface area (Å²) < 4.78 is 5.63. The molecule has 0 atom stereocenters. The molecule has 3 nitrogen and oxygen atoms in total. The molecule has 0 radical (unpaired) electrons. The van der Waals surface area contributed by atoms with E-state index in [2.05, 4.69) is 9.97 Å². The number of aromatic nitrogens is 2. The van der Waals surface area contributed by atoms with Crippen LogP contribution >= 0.6 is 0 Å². The highest BCUT2D eigenvalue weighted by Crippen LogP contribution is 2.21. The van der Waals surface area contributed by atoms with Crippen LogP contribution in [0, 0.1) is 0 Å². The van der Waals surface area contributed by atoms with Gasteiger partial charge in [-0.25, -0.2) is 0 Å². The van der Waals surface area contributed by atoms with Crippen molar-refractivity contribution in [1.82, 2.24) is 9.97 Å². The summed E-state index contributed by atoms with van der Waals surface area (Å²) in [6.07, 6.45) is 7.70. The van der Waals surface area contributed by atoms with Crippen LogP contribution in [0.3, 0.4) is 0 Å². The molecule has 114 valence electrons. The fourth-order valence-electron chi connectivity index (χ4n) is 2.26. The quantitative estimate of drug-likeness (QED) is 0.684. The van der Waals surface area contributed by atoms with Crippen LogP contribution in [0.2, 0.25) is 0 Å². The summed E-state index contributed by atoms with van der Waals surface area (Å²) in [6, 6.07) is 17.8. The molecule has 1 aromatic carbocycles. The van der Waals surface area contributed by atoms with E-state index in [0.717, 1.165) is 28.3 Å². The lowest BCUT2D eigenvalue weighted by Gasteiger charge is -2.06. The Morgan fingerprint density at radius 1 is 0.870 bits per heavy atom. The van der Waals surface area contributed by atoms with Gasteiger partial charge in [0.2, 0.25) is 0 Å². The molecule has 0 saturated carbocycles. The van der Waals surface area contributed by atoms with Gasteiger partial charge in [-0.1, -0.05) is 42.5 Å². The second-order valence-corrected chi connectivity index (χ2v) is 5.00. The number of nitrogens with zero attached hydrogens (tertiary/aromatic N) is 2. The SMILES string of the molecule is CCOc1ccccc1/C=C\c1ccc(-c2ccccn2)nc1. The van der Waals surface area contributed by atoms with Crippen molar-refractivity contribution in [3.63, 3.8) is 0 Å². The van der Waals surface area contributed by atoms with Crippen molar-refractivity contribution in [3.05, 3.63) is 78.1 Å². The van der Waals surface area contributed by atoms with Crippen LogP contribution < -0.4 is 4.74 Å². The maximum absolute atomic E-state index is 5.63. The molecule has 0 aliphatic carbocycles. The van der Waals surface area contributed by atoms with E-state index in [9.17, 15) is 0 Å². The van der Waals surface area contributed by atoms with Gasteiger partial charge in [-0.05, 0) is 36.8 Å². The second-order valence-electron chi connectivity index (χ2n) is 5.00. The topological polar surface area (TPSA) is 35.0 Å². The number of hydrogen-bond donors (Lipinski definition) is 0. The van der Waals surface area contributed by atoms with Crippen molar-refractivity contribution in [2.24, 2.45) is 0 Å². The number of ether oxygens (including phenoxy) is 1. The molecule has 3 heteroatoms. The smallest absolute Gasteiger partial charge is 0.126 e. The summed E-state index contributed by atoms with van der Waals surface area (Å²) in [4.78, 5) is 8.78. The van der Waals surface area contributed by atoms with E-state index in [1.165, 1.54) is 0 Å². The van der Waals surface area contributed by atoms with Crippen LogP contribution in [0.4, 0.5) is 0 Å². The Morgan fingerprint density at radius 3 is 2.43 bits per heavy atom. The Bertz CT molecular complexity index is 780. The second kappa shape index (κ2) is 7.36. The van der Waals surface area contributed by atoms with Crippen LogP contribution in [0.1, 0.15) is 18.1 Å². The van der Waals surface area contributed by atoms with Gasteiger partial charge in [0, 0.05) is 18.0 Å². The highest BCUT2D eigenvalue weighted by atomic mass is 16.5. The highest BCUT2D eigenvalue weighted by molar-refractivity contribution is 5.72. The van der Waals surface area contributed by atoms with Gasteiger partial charge in [0.25, 0.3) is 0 Å². The third kappa shape index (κ3) is 3.83. The predicted octanol–water partition coefficient (Wildman–Crippen LogP) is 4.71. The minimum absolute atomic E-state index is 0.658. The van der Waals surface area contributed by atoms with Gasteiger partial charge < -0.3 is 4.74 Å². The van der Waals surface area contributed by atoms with E-state index < -0.39 is 0 Å². The summed E-state index contributed by atoms with van der Waals surface area (Å²) in [5.74, 6) is 0.893. The molecule has 0 aliphatic heterocycles. The van der Waals surface area contributed by atoms with E-state index in [1.54, 1.807) is 6.20 Å². The van der Waals surface area contributed by atoms with Crippen molar-refractivity contribution in [2.45, 2.75) is 6.92 Å². The van der Waals surface area contributed by atoms with Gasteiger partial charge in [-0.2, -0.15) is 0 Å². The number of para-hydroxylation sites is 1. The van der Waals surface area contributed by atoms with Crippen LogP contribution in [0.15, 0.2) is 67.0 Å². The minimum atomic E-state index is 0.658. The lowest BCUT2D eigenvalue weighted by atomic mass is 10.1. The molecular formula is C20H18N2O. The molecule has 3 rings (SSSR count). The Labute approximate surface area is 136 Å². The van der Waals surface area contributed by atoms with Crippen molar-refractivity contribution < 1.29 is 4.74 Å². The summed E-state index contributed by atoms with van der Waals surface area (Å²) in [6.45, 7) is 2.64. The Kier molecular flexibility index (Phi) is 4.79. The molecule has 0 saturated heterocycles. The van der Waals surface area contributed by atoms with Gasteiger partial charge in [-0.3, -0.25) is 9.97 Å². The molecule has 0 aliphatic rings. The first-order valence-electron chi connectivity index (χ1n) is 7.64. The normalized spacial score (nSPS) is 10.8. The molecule has 0 unspecified atom stereocenters. The summed E-state index contributed by atoms with van der Waals surface area (Å²) in [5.41, 5.74) is 3.85. The number of rotatable bonds is 5. The van der Waals surface area contributed by atoms with Crippen molar-refractivity contribution in [1.29, 1.82) is 0 Å². The van der Waals surface area contributed by atoms with Crippen LogP contribution in [0.25, 0.3) is 23.5 Å². The lowest BCUT2D eigenvalue weighted by Crippen LogP contribution is -1.93. The van der Waals surface area contributed by atoms with E-state index >= 15 is 0 Å². The van der Waals surface area contributed by atoms with E-state index in [1.807, 2.05) is 79.9 Å². The molecule has 0 bridgehead atoms. The van der Waals surface area contributed by atoms with Gasteiger partial charge in [-0.15, -0.1) is 0 Å². The lowest BCUT2D eigenvalue weighted by molar-refractivity contribution is 0.339. The first-order valence-corrected chi connectivity index (χ1v) is 7.64. The van der Waals surface area contributed by atoms with Gasteiger partial charge >= 0.3 is 0 Å². The Balaban J connectivity index is 1.79. The van der Waals surface area contributed by atoms with Crippen molar-refractivity contribution in [2.75, 3.05) is 6.61 Å². The summed E-state index contributed by atoms with van der Waals surface area (Å²) in [7, 11) is 0. The Morgan fingerprint density at radius 2 is 1.70 bits per heavy atom. The first kappa shape index (κ1) is 15.0. The number of hydrogen-bond acceptors (Lipinski definition) is 3. The molecule has 0 spiro atoms. The van der Waals surface area contributed by atoms with Crippen LogP contribution in [-0.2, 0) is 0 Å². The first-order chi connectivity index (χ1) is 11.4. The minimum Gasteiger partial charge on any atom is -0.493 e.